The number of hydrogen-bond acceptors (Lipinski definition) is 3. The highest BCUT2D eigenvalue weighted by molar-refractivity contribution is 6.31. The average Bonchev–Trinajstić information content (AvgIpc) is 2.29. The first-order valence-electron chi connectivity index (χ1n) is 6.10. The molecule has 1 heterocycles. The maximum atomic E-state index is 11.5. The van der Waals surface area contributed by atoms with Crippen LogP contribution in [-0.2, 0) is 0 Å². The summed E-state index contributed by atoms with van der Waals surface area (Å²) >= 11 is 5.91. The number of amides is 1. The van der Waals surface area contributed by atoms with E-state index in [0.29, 0.717) is 16.6 Å². The first kappa shape index (κ1) is 13.2. The van der Waals surface area contributed by atoms with Crippen LogP contribution in [0.4, 0.5) is 5.69 Å². The predicted molar refractivity (Wildman–Crippen MR) is 74.0 cm³/mol. The molecule has 1 saturated heterocycles. The molecule has 0 aromatic heterocycles. The minimum atomic E-state index is -0.449. The number of carbonyl (C=O) groups is 1. The van der Waals surface area contributed by atoms with Crippen molar-refractivity contribution in [3.05, 3.63) is 28.8 Å². The summed E-state index contributed by atoms with van der Waals surface area (Å²) in [5.74, 6) is -0.449. The van der Waals surface area contributed by atoms with Crippen molar-refractivity contribution in [2.45, 2.75) is 31.8 Å². The normalized spacial score (nSPS) is 24.1. The summed E-state index contributed by atoms with van der Waals surface area (Å²) in [6.45, 7) is 2.95. The Kier molecular flexibility index (Phi) is 3.78. The molecular weight excluding hydrogens is 250 g/mol. The molecule has 1 aromatic rings. The lowest BCUT2D eigenvalue weighted by molar-refractivity contribution is 0.100. The number of nitrogens with two attached hydrogens (primary N) is 2. The molecule has 1 aliphatic rings. The molecule has 0 bridgehead atoms. The molecule has 0 saturated carbocycles. The van der Waals surface area contributed by atoms with Gasteiger partial charge in [-0.05, 0) is 38.0 Å². The van der Waals surface area contributed by atoms with Gasteiger partial charge < -0.3 is 16.4 Å². The maximum Gasteiger partial charge on any atom is 0.250 e. The topological polar surface area (TPSA) is 72.3 Å². The van der Waals surface area contributed by atoms with E-state index in [1.54, 1.807) is 12.1 Å². The van der Waals surface area contributed by atoms with Crippen LogP contribution >= 0.6 is 11.6 Å². The molecule has 2 unspecified atom stereocenters. The van der Waals surface area contributed by atoms with Crippen molar-refractivity contribution < 1.29 is 4.79 Å². The fourth-order valence-electron chi connectivity index (χ4n) is 2.52. The number of halogens is 1. The fraction of sp³-hybridized carbons (Fsp3) is 0.462. The number of carbonyl (C=O) groups excluding carboxylic acids is 1. The molecule has 4 N–H and O–H groups in total. The third kappa shape index (κ3) is 2.60. The molecule has 2 atom stereocenters. The quantitative estimate of drug-likeness (QED) is 0.858. The maximum absolute atomic E-state index is 11.5. The summed E-state index contributed by atoms with van der Waals surface area (Å²) in [7, 11) is 0. The van der Waals surface area contributed by atoms with E-state index >= 15 is 0 Å². The van der Waals surface area contributed by atoms with Crippen LogP contribution in [0.15, 0.2) is 18.2 Å². The lowest BCUT2D eigenvalue weighted by Crippen LogP contribution is -2.46. The Morgan fingerprint density at radius 2 is 2.22 bits per heavy atom. The number of anilines is 1. The average molecular weight is 268 g/mol. The second-order valence-electron chi connectivity index (χ2n) is 4.85. The van der Waals surface area contributed by atoms with Gasteiger partial charge in [0.15, 0.2) is 0 Å². The number of hydrogen-bond donors (Lipinski definition) is 2. The van der Waals surface area contributed by atoms with Crippen LogP contribution in [0, 0.1) is 0 Å². The van der Waals surface area contributed by atoms with Crippen molar-refractivity contribution in [1.82, 2.24) is 0 Å². The van der Waals surface area contributed by atoms with Crippen LogP contribution in [0.3, 0.4) is 0 Å². The number of rotatable bonds is 2. The Balaban J connectivity index is 2.35. The molecule has 2 rings (SSSR count). The van der Waals surface area contributed by atoms with Crippen molar-refractivity contribution in [3.63, 3.8) is 0 Å². The van der Waals surface area contributed by atoms with Gasteiger partial charge in [0.2, 0.25) is 0 Å². The van der Waals surface area contributed by atoms with Crippen LogP contribution < -0.4 is 16.4 Å². The van der Waals surface area contributed by atoms with Crippen LogP contribution in [0.25, 0.3) is 0 Å². The van der Waals surface area contributed by atoms with Gasteiger partial charge in [-0.1, -0.05) is 11.6 Å². The number of nitrogens with zero attached hydrogens (tertiary/aromatic N) is 1. The number of benzene rings is 1. The highest BCUT2D eigenvalue weighted by Gasteiger charge is 2.26. The van der Waals surface area contributed by atoms with Gasteiger partial charge in [0, 0.05) is 29.3 Å². The molecule has 98 valence electrons. The number of primary amides is 1. The van der Waals surface area contributed by atoms with Gasteiger partial charge in [-0.15, -0.1) is 0 Å². The molecule has 4 nitrogen and oxygen atoms in total. The summed E-state index contributed by atoms with van der Waals surface area (Å²) in [5, 5.41) is 0.522. The Morgan fingerprint density at radius 1 is 1.50 bits per heavy atom. The molecular formula is C13H18ClN3O. The zero-order chi connectivity index (χ0) is 13.3. The van der Waals surface area contributed by atoms with Gasteiger partial charge in [-0.25, -0.2) is 0 Å². The van der Waals surface area contributed by atoms with Crippen LogP contribution in [-0.4, -0.2) is 24.5 Å². The third-order valence-corrected chi connectivity index (χ3v) is 3.69. The van der Waals surface area contributed by atoms with Gasteiger partial charge in [-0.2, -0.15) is 0 Å². The second-order valence-corrected chi connectivity index (χ2v) is 5.29. The molecule has 0 spiro atoms. The third-order valence-electron chi connectivity index (χ3n) is 3.45. The summed E-state index contributed by atoms with van der Waals surface area (Å²) < 4.78 is 0. The van der Waals surface area contributed by atoms with Crippen molar-refractivity contribution in [1.29, 1.82) is 0 Å². The van der Waals surface area contributed by atoms with E-state index < -0.39 is 5.91 Å². The van der Waals surface area contributed by atoms with E-state index in [-0.39, 0.29) is 6.04 Å². The van der Waals surface area contributed by atoms with Crippen molar-refractivity contribution >= 4 is 23.2 Å². The van der Waals surface area contributed by atoms with E-state index in [0.717, 1.165) is 25.1 Å². The number of piperidine rings is 1. The van der Waals surface area contributed by atoms with Crippen LogP contribution in [0.5, 0.6) is 0 Å². The Morgan fingerprint density at radius 3 is 2.83 bits per heavy atom. The van der Waals surface area contributed by atoms with Gasteiger partial charge in [-0.3, -0.25) is 4.79 Å². The largest absolute Gasteiger partial charge is 0.368 e. The van der Waals surface area contributed by atoms with Crippen LogP contribution in [0.2, 0.25) is 5.02 Å². The molecule has 1 aromatic carbocycles. The predicted octanol–water partition coefficient (Wildman–Crippen LogP) is 1.75. The van der Waals surface area contributed by atoms with E-state index in [2.05, 4.69) is 11.8 Å². The molecule has 0 aliphatic carbocycles. The fourth-order valence-corrected chi connectivity index (χ4v) is 2.69. The summed E-state index contributed by atoms with van der Waals surface area (Å²) in [4.78, 5) is 13.7. The summed E-state index contributed by atoms with van der Waals surface area (Å²) in [6, 6.07) is 5.80. The van der Waals surface area contributed by atoms with Crippen molar-refractivity contribution in [2.24, 2.45) is 11.5 Å². The minimum absolute atomic E-state index is 0.237. The lowest BCUT2D eigenvalue weighted by atomic mass is 9.97. The minimum Gasteiger partial charge on any atom is -0.368 e. The van der Waals surface area contributed by atoms with Gasteiger partial charge in [0.05, 0.1) is 5.56 Å². The SMILES string of the molecule is CC1CC(N)CCN1c1ccc(Cl)cc1C(N)=O. The smallest absolute Gasteiger partial charge is 0.250 e. The zero-order valence-electron chi connectivity index (χ0n) is 10.4. The highest BCUT2D eigenvalue weighted by Crippen LogP contribution is 2.29. The van der Waals surface area contributed by atoms with E-state index in [4.69, 9.17) is 23.1 Å². The molecule has 1 amide bonds. The van der Waals surface area contributed by atoms with Crippen molar-refractivity contribution in [2.75, 3.05) is 11.4 Å². The first-order chi connectivity index (χ1) is 8.49. The molecule has 1 aliphatic heterocycles. The summed E-state index contributed by atoms with van der Waals surface area (Å²) in [5.41, 5.74) is 12.7. The molecule has 0 radical (unpaired) electrons. The first-order valence-corrected chi connectivity index (χ1v) is 6.48. The molecule has 5 heteroatoms. The van der Waals surface area contributed by atoms with Gasteiger partial charge in [0.1, 0.15) is 0 Å². The van der Waals surface area contributed by atoms with Gasteiger partial charge >= 0.3 is 0 Å². The molecule has 18 heavy (non-hydrogen) atoms. The highest BCUT2D eigenvalue weighted by atomic mass is 35.5. The Labute approximate surface area is 112 Å². The Hall–Kier alpha value is -1.26. The monoisotopic (exact) mass is 267 g/mol. The zero-order valence-corrected chi connectivity index (χ0v) is 11.2. The lowest BCUT2D eigenvalue weighted by Gasteiger charge is -2.38. The van der Waals surface area contributed by atoms with Crippen molar-refractivity contribution in [3.8, 4) is 0 Å². The standard InChI is InChI=1S/C13H18ClN3O/c1-8-6-10(15)4-5-17(8)12-3-2-9(14)7-11(12)13(16)18/h2-3,7-8,10H,4-6,15H2,1H3,(H2,16,18). The van der Waals surface area contributed by atoms with E-state index in [1.165, 1.54) is 0 Å². The second kappa shape index (κ2) is 5.16. The van der Waals surface area contributed by atoms with E-state index in [1.807, 2.05) is 6.07 Å². The van der Waals surface area contributed by atoms with E-state index in [9.17, 15) is 4.79 Å². The summed E-state index contributed by atoms with van der Waals surface area (Å²) in [6.07, 6.45) is 1.84. The molecule has 1 fully saturated rings. The van der Waals surface area contributed by atoms with Gasteiger partial charge in [0.25, 0.3) is 5.91 Å². The Bertz CT molecular complexity index is 464. The van der Waals surface area contributed by atoms with Crippen LogP contribution in [0.1, 0.15) is 30.1 Å².